The number of amides is 1. The highest BCUT2D eigenvalue weighted by atomic mass is 32.2. The van der Waals surface area contributed by atoms with Crippen LogP contribution in [0.15, 0.2) is 18.6 Å². The van der Waals surface area contributed by atoms with Crippen molar-refractivity contribution in [1.82, 2.24) is 14.7 Å². The fraction of sp³-hybridized carbons (Fsp3) is 0.545. The predicted octanol–water partition coefficient (Wildman–Crippen LogP) is -2.16. The van der Waals surface area contributed by atoms with Crippen molar-refractivity contribution in [3.05, 3.63) is 24.3 Å². The Labute approximate surface area is 128 Å². The second kappa shape index (κ2) is 6.26. The number of aromatic nitrogens is 2. The van der Waals surface area contributed by atoms with Gasteiger partial charge in [-0.05, 0) is 0 Å². The minimum absolute atomic E-state index is 0.101. The normalized spacial score (nSPS) is 19.1. The van der Waals surface area contributed by atoms with Gasteiger partial charge in [-0.2, -0.15) is 0 Å². The molecule has 3 N–H and O–H groups in total. The standard InChI is InChI=1S/C11H16N4O5S2/c12-10(8-6-21(17,18)7-8)11(16)15-22(19,20)4-1-9-5-13-2-3-14-9/h2-3,5,8,10H,1,4,6-7,12H2,(H,15,16). The average Bonchev–Trinajstić information content (AvgIpc) is 2.42. The monoisotopic (exact) mass is 348 g/mol. The lowest BCUT2D eigenvalue weighted by Gasteiger charge is -2.29. The van der Waals surface area contributed by atoms with Crippen molar-refractivity contribution in [2.75, 3.05) is 17.3 Å². The van der Waals surface area contributed by atoms with Crippen molar-refractivity contribution in [2.45, 2.75) is 12.5 Å². The maximum Gasteiger partial charge on any atom is 0.250 e. The third kappa shape index (κ3) is 4.45. The largest absolute Gasteiger partial charge is 0.320 e. The molecule has 1 unspecified atom stereocenters. The summed E-state index contributed by atoms with van der Waals surface area (Å²) in [7, 11) is -6.99. The Balaban J connectivity index is 1.87. The molecule has 2 rings (SSSR count). The van der Waals surface area contributed by atoms with E-state index in [9.17, 15) is 21.6 Å². The van der Waals surface area contributed by atoms with E-state index in [2.05, 4.69) is 9.97 Å². The van der Waals surface area contributed by atoms with Crippen molar-refractivity contribution >= 4 is 25.8 Å². The number of aryl methyl sites for hydroxylation is 1. The zero-order valence-corrected chi connectivity index (χ0v) is 13.2. The summed E-state index contributed by atoms with van der Waals surface area (Å²) in [6, 6.07) is -1.16. The van der Waals surface area contributed by atoms with Crippen molar-refractivity contribution in [3.8, 4) is 0 Å². The number of sulfone groups is 1. The van der Waals surface area contributed by atoms with Gasteiger partial charge in [0.15, 0.2) is 9.84 Å². The van der Waals surface area contributed by atoms with Crippen LogP contribution in [-0.2, 0) is 31.1 Å². The first-order valence-corrected chi connectivity index (χ1v) is 9.91. The first kappa shape index (κ1) is 16.8. The summed E-state index contributed by atoms with van der Waals surface area (Å²) in [5.74, 6) is -2.16. The summed E-state index contributed by atoms with van der Waals surface area (Å²) in [5.41, 5.74) is 6.08. The summed E-state index contributed by atoms with van der Waals surface area (Å²) < 4.78 is 47.6. The maximum absolute atomic E-state index is 11.8. The molecule has 0 spiro atoms. The number of sulfonamides is 1. The van der Waals surface area contributed by atoms with Gasteiger partial charge in [-0.1, -0.05) is 0 Å². The Morgan fingerprint density at radius 1 is 1.41 bits per heavy atom. The van der Waals surface area contributed by atoms with Gasteiger partial charge >= 0.3 is 0 Å². The summed E-state index contributed by atoms with van der Waals surface area (Å²) >= 11 is 0. The van der Waals surface area contributed by atoms with Crippen molar-refractivity contribution in [1.29, 1.82) is 0 Å². The number of hydrogen-bond acceptors (Lipinski definition) is 8. The van der Waals surface area contributed by atoms with Gasteiger partial charge in [0.2, 0.25) is 10.0 Å². The van der Waals surface area contributed by atoms with Gasteiger partial charge in [-0.3, -0.25) is 19.5 Å². The highest BCUT2D eigenvalue weighted by molar-refractivity contribution is 7.92. The average molecular weight is 348 g/mol. The van der Waals surface area contributed by atoms with Gasteiger partial charge in [0.25, 0.3) is 5.91 Å². The molecule has 0 aromatic carbocycles. The Bertz CT molecular complexity index is 736. The number of carbonyl (C=O) groups is 1. The minimum atomic E-state index is -3.87. The Morgan fingerprint density at radius 3 is 2.64 bits per heavy atom. The summed E-state index contributed by atoms with van der Waals surface area (Å²) in [6.07, 6.45) is 4.44. The van der Waals surface area contributed by atoms with Gasteiger partial charge in [-0.25, -0.2) is 16.8 Å². The molecule has 1 fully saturated rings. The molecular formula is C11H16N4O5S2. The number of rotatable bonds is 6. The van der Waals surface area contributed by atoms with Crippen molar-refractivity contribution in [3.63, 3.8) is 0 Å². The molecule has 22 heavy (non-hydrogen) atoms. The Hall–Kier alpha value is -1.59. The molecule has 0 aliphatic carbocycles. The smallest absolute Gasteiger partial charge is 0.250 e. The molecule has 9 nitrogen and oxygen atoms in total. The molecule has 1 aliphatic rings. The van der Waals surface area contributed by atoms with Gasteiger partial charge in [-0.15, -0.1) is 0 Å². The fourth-order valence-corrected chi connectivity index (χ4v) is 4.64. The molecule has 0 saturated carbocycles. The molecule has 0 radical (unpaired) electrons. The van der Waals surface area contributed by atoms with E-state index < -0.39 is 37.7 Å². The number of nitrogens with one attached hydrogen (secondary N) is 1. The highest BCUT2D eigenvalue weighted by Crippen LogP contribution is 2.20. The fourth-order valence-electron chi connectivity index (χ4n) is 2.00. The number of nitrogens with zero attached hydrogens (tertiary/aromatic N) is 2. The van der Waals surface area contributed by atoms with Crippen LogP contribution in [0.25, 0.3) is 0 Å². The van der Waals surface area contributed by atoms with E-state index in [-0.39, 0.29) is 23.7 Å². The first-order valence-electron chi connectivity index (χ1n) is 6.44. The van der Waals surface area contributed by atoms with Crippen LogP contribution in [0.5, 0.6) is 0 Å². The molecule has 1 amide bonds. The van der Waals surface area contributed by atoms with Crippen LogP contribution in [0.4, 0.5) is 0 Å². The summed E-state index contributed by atoms with van der Waals surface area (Å²) in [6.45, 7) is 0. The Morgan fingerprint density at radius 2 is 2.09 bits per heavy atom. The third-order valence-electron chi connectivity index (χ3n) is 3.25. The van der Waals surface area contributed by atoms with Crippen LogP contribution in [0, 0.1) is 5.92 Å². The van der Waals surface area contributed by atoms with Crippen LogP contribution >= 0.6 is 0 Å². The SMILES string of the molecule is NC(C(=O)NS(=O)(=O)CCc1cnccn1)C1CS(=O)(=O)C1. The van der Waals surface area contributed by atoms with Crippen LogP contribution in [-0.4, -0.2) is 56.0 Å². The van der Waals surface area contributed by atoms with Crippen LogP contribution in [0.2, 0.25) is 0 Å². The molecule has 1 aromatic heterocycles. The molecule has 1 aromatic rings. The highest BCUT2D eigenvalue weighted by Gasteiger charge is 2.40. The lowest BCUT2D eigenvalue weighted by molar-refractivity contribution is -0.121. The van der Waals surface area contributed by atoms with E-state index in [1.807, 2.05) is 4.72 Å². The van der Waals surface area contributed by atoms with Gasteiger partial charge < -0.3 is 5.73 Å². The number of carbonyl (C=O) groups excluding carboxylic acids is 1. The first-order chi connectivity index (χ1) is 10.2. The van der Waals surface area contributed by atoms with E-state index >= 15 is 0 Å². The van der Waals surface area contributed by atoms with Gasteiger partial charge in [0, 0.05) is 30.9 Å². The zero-order valence-electron chi connectivity index (χ0n) is 11.5. The second-order valence-electron chi connectivity index (χ2n) is 5.09. The Kier molecular flexibility index (Phi) is 4.78. The molecular weight excluding hydrogens is 332 g/mol. The molecule has 2 heterocycles. The minimum Gasteiger partial charge on any atom is -0.320 e. The lowest BCUT2D eigenvalue weighted by Crippen LogP contribution is -2.55. The van der Waals surface area contributed by atoms with Gasteiger partial charge in [0.1, 0.15) is 0 Å². The number of nitrogens with two attached hydrogens (primary N) is 1. The summed E-state index contributed by atoms with van der Waals surface area (Å²) in [4.78, 5) is 19.5. The van der Waals surface area contributed by atoms with Crippen LogP contribution in [0.1, 0.15) is 5.69 Å². The molecule has 1 aliphatic heterocycles. The third-order valence-corrected chi connectivity index (χ3v) is 6.37. The zero-order chi connectivity index (χ0) is 16.4. The summed E-state index contributed by atoms with van der Waals surface area (Å²) in [5, 5.41) is 0. The molecule has 11 heteroatoms. The molecule has 0 bridgehead atoms. The van der Waals surface area contributed by atoms with E-state index in [1.54, 1.807) is 0 Å². The van der Waals surface area contributed by atoms with E-state index in [4.69, 9.17) is 5.73 Å². The van der Waals surface area contributed by atoms with Crippen molar-refractivity contribution < 1.29 is 21.6 Å². The van der Waals surface area contributed by atoms with E-state index in [0.717, 1.165) is 0 Å². The van der Waals surface area contributed by atoms with Crippen LogP contribution < -0.4 is 10.5 Å². The van der Waals surface area contributed by atoms with Crippen LogP contribution in [0.3, 0.4) is 0 Å². The van der Waals surface area contributed by atoms with E-state index in [0.29, 0.717) is 5.69 Å². The maximum atomic E-state index is 11.8. The van der Waals surface area contributed by atoms with Crippen molar-refractivity contribution in [2.24, 2.45) is 11.7 Å². The molecule has 1 atom stereocenters. The second-order valence-corrected chi connectivity index (χ2v) is 9.09. The topological polar surface area (TPSA) is 149 Å². The molecule has 1 saturated heterocycles. The predicted molar refractivity (Wildman–Crippen MR) is 77.8 cm³/mol. The quantitative estimate of drug-likeness (QED) is 0.590. The molecule has 122 valence electrons. The lowest BCUT2D eigenvalue weighted by atomic mass is 10.0. The van der Waals surface area contributed by atoms with E-state index in [1.165, 1.54) is 18.6 Å². The van der Waals surface area contributed by atoms with Gasteiger partial charge in [0.05, 0.1) is 29.0 Å². The number of hydrogen-bond donors (Lipinski definition) is 2.